The van der Waals surface area contributed by atoms with Gasteiger partial charge >= 0.3 is 5.97 Å². The Hall–Kier alpha value is -1.96. The van der Waals surface area contributed by atoms with Crippen molar-refractivity contribution in [3.8, 4) is 0 Å². The van der Waals surface area contributed by atoms with Gasteiger partial charge < -0.3 is 14.4 Å². The first-order valence-electron chi connectivity index (χ1n) is 7.38. The van der Waals surface area contributed by atoms with Crippen LogP contribution in [-0.2, 0) is 9.47 Å². The van der Waals surface area contributed by atoms with E-state index in [1.165, 1.54) is 6.20 Å². The van der Waals surface area contributed by atoms with Crippen LogP contribution in [0.15, 0.2) is 30.5 Å². The predicted octanol–water partition coefficient (Wildman–Crippen LogP) is 2.67. The molecule has 6 nitrogen and oxygen atoms in total. The molecule has 1 saturated heterocycles. The number of morpholine rings is 1. The fraction of sp³-hybridized carbons (Fsp3) is 0.312. The van der Waals surface area contributed by atoms with Crippen molar-refractivity contribution in [2.24, 2.45) is 0 Å². The van der Waals surface area contributed by atoms with Gasteiger partial charge in [0.05, 0.1) is 28.0 Å². The van der Waals surface area contributed by atoms with Crippen LogP contribution in [0.25, 0.3) is 0 Å². The minimum Gasteiger partial charge on any atom is -0.454 e. The summed E-state index contributed by atoms with van der Waals surface area (Å²) in [6, 6.07) is 6.66. The third-order valence-corrected chi connectivity index (χ3v) is 4.77. The normalized spacial score (nSPS) is 14.5. The van der Waals surface area contributed by atoms with Crippen molar-refractivity contribution in [2.45, 2.75) is 0 Å². The second-order valence-corrected chi connectivity index (χ2v) is 6.82. The lowest BCUT2D eigenvalue weighted by molar-refractivity contribution is 0.0475. The molecule has 0 radical (unpaired) electrons. The molecule has 126 valence electrons. The van der Waals surface area contributed by atoms with Crippen LogP contribution in [0.4, 0.5) is 5.82 Å². The summed E-state index contributed by atoms with van der Waals surface area (Å²) >= 11 is 6.94. The molecular weight excluding hydrogens is 352 g/mol. The van der Waals surface area contributed by atoms with Crippen LogP contribution in [0.1, 0.15) is 20.0 Å². The zero-order valence-electron chi connectivity index (χ0n) is 12.7. The van der Waals surface area contributed by atoms with Crippen LogP contribution in [0.3, 0.4) is 0 Å². The molecule has 1 aliphatic rings. The Morgan fingerprint density at radius 2 is 2.04 bits per heavy atom. The number of carbonyl (C=O) groups excluding carboxylic acids is 2. The van der Waals surface area contributed by atoms with Crippen LogP contribution in [-0.4, -0.2) is 49.6 Å². The monoisotopic (exact) mass is 366 g/mol. The number of thiophene rings is 1. The summed E-state index contributed by atoms with van der Waals surface area (Å²) in [5.74, 6) is -0.0654. The van der Waals surface area contributed by atoms with Crippen molar-refractivity contribution < 1.29 is 19.1 Å². The van der Waals surface area contributed by atoms with Gasteiger partial charge in [-0.05, 0) is 24.3 Å². The van der Waals surface area contributed by atoms with Crippen LogP contribution < -0.4 is 4.90 Å². The Labute approximate surface area is 148 Å². The fourth-order valence-corrected chi connectivity index (χ4v) is 3.20. The summed E-state index contributed by atoms with van der Waals surface area (Å²) in [4.78, 5) is 30.7. The van der Waals surface area contributed by atoms with E-state index in [1.54, 1.807) is 24.3 Å². The second kappa shape index (κ2) is 7.74. The van der Waals surface area contributed by atoms with Crippen LogP contribution in [0.5, 0.6) is 0 Å². The molecular formula is C16H15ClN2O4S. The molecule has 24 heavy (non-hydrogen) atoms. The average molecular weight is 367 g/mol. The van der Waals surface area contributed by atoms with Crippen molar-refractivity contribution in [2.75, 3.05) is 37.8 Å². The van der Waals surface area contributed by atoms with Gasteiger partial charge in [0, 0.05) is 19.3 Å². The number of ether oxygens (including phenoxy) is 2. The number of hydrogen-bond donors (Lipinski definition) is 0. The van der Waals surface area contributed by atoms with Gasteiger partial charge in [0.15, 0.2) is 6.61 Å². The first-order chi connectivity index (χ1) is 11.6. The highest BCUT2D eigenvalue weighted by Gasteiger charge is 2.16. The van der Waals surface area contributed by atoms with Gasteiger partial charge in [-0.2, -0.15) is 0 Å². The Morgan fingerprint density at radius 3 is 2.67 bits per heavy atom. The van der Waals surface area contributed by atoms with Crippen molar-refractivity contribution in [3.05, 3.63) is 45.2 Å². The van der Waals surface area contributed by atoms with Crippen LogP contribution in [0.2, 0.25) is 4.34 Å². The number of halogens is 1. The fourth-order valence-electron chi connectivity index (χ4n) is 2.24. The number of carbonyl (C=O) groups is 2. The molecule has 8 heteroatoms. The van der Waals surface area contributed by atoms with Gasteiger partial charge in [-0.3, -0.25) is 4.79 Å². The minimum atomic E-state index is -0.577. The third-order valence-electron chi connectivity index (χ3n) is 3.50. The number of aromatic nitrogens is 1. The molecule has 0 aromatic carbocycles. The lowest BCUT2D eigenvalue weighted by Gasteiger charge is -2.27. The van der Waals surface area contributed by atoms with Crippen LogP contribution in [0, 0.1) is 0 Å². The van der Waals surface area contributed by atoms with Gasteiger partial charge in [0.25, 0.3) is 0 Å². The van der Waals surface area contributed by atoms with E-state index in [1.807, 2.05) is 0 Å². The van der Waals surface area contributed by atoms with E-state index in [2.05, 4.69) is 9.88 Å². The Kier molecular flexibility index (Phi) is 5.44. The summed E-state index contributed by atoms with van der Waals surface area (Å²) in [5.41, 5.74) is 0.309. The zero-order valence-corrected chi connectivity index (χ0v) is 14.3. The molecule has 3 rings (SSSR count). The summed E-state index contributed by atoms with van der Waals surface area (Å²) in [6.45, 7) is 2.56. The summed E-state index contributed by atoms with van der Waals surface area (Å²) < 4.78 is 10.9. The minimum absolute atomic E-state index is 0.279. The highest BCUT2D eigenvalue weighted by molar-refractivity contribution is 7.18. The molecule has 0 aliphatic carbocycles. The maximum Gasteiger partial charge on any atom is 0.340 e. The largest absolute Gasteiger partial charge is 0.454 e. The topological polar surface area (TPSA) is 68.7 Å². The SMILES string of the molecule is O=C(OCC(=O)c1ccc(Cl)s1)c1ccc(N2CCOCC2)nc1. The summed E-state index contributed by atoms with van der Waals surface area (Å²) in [6.07, 6.45) is 1.46. The molecule has 3 heterocycles. The molecule has 0 N–H and O–H groups in total. The van der Waals surface area contributed by atoms with E-state index in [-0.39, 0.29) is 12.4 Å². The number of nitrogens with zero attached hydrogens (tertiary/aromatic N) is 2. The van der Waals surface area contributed by atoms with Crippen LogP contribution >= 0.6 is 22.9 Å². The Bertz CT molecular complexity index is 726. The van der Waals surface area contributed by atoms with E-state index >= 15 is 0 Å². The van der Waals surface area contributed by atoms with Crippen molar-refractivity contribution >= 4 is 40.5 Å². The van der Waals surface area contributed by atoms with Crippen molar-refractivity contribution in [1.29, 1.82) is 0 Å². The standard InChI is InChI=1S/C16H15ClN2O4S/c17-14-3-2-13(24-14)12(20)10-23-16(21)11-1-4-15(18-9-11)19-5-7-22-8-6-19/h1-4,9H,5-8,10H2. The molecule has 0 unspecified atom stereocenters. The summed E-state index contributed by atoms with van der Waals surface area (Å²) in [5, 5.41) is 0. The Balaban J connectivity index is 1.55. The number of pyridine rings is 1. The lowest BCUT2D eigenvalue weighted by Crippen LogP contribution is -2.36. The van der Waals surface area contributed by atoms with Crippen molar-refractivity contribution in [3.63, 3.8) is 0 Å². The molecule has 0 saturated carbocycles. The molecule has 0 amide bonds. The first-order valence-corrected chi connectivity index (χ1v) is 8.57. The quantitative estimate of drug-likeness (QED) is 0.598. The molecule has 1 fully saturated rings. The maximum absolute atomic E-state index is 12.0. The van der Waals surface area contributed by atoms with E-state index in [0.29, 0.717) is 28.0 Å². The molecule has 0 atom stereocenters. The van der Waals surface area contributed by atoms with Gasteiger partial charge in [0.2, 0.25) is 5.78 Å². The highest BCUT2D eigenvalue weighted by atomic mass is 35.5. The predicted molar refractivity (Wildman–Crippen MR) is 91.2 cm³/mol. The number of ketones is 1. The van der Waals surface area contributed by atoms with Gasteiger partial charge in [-0.25, -0.2) is 9.78 Å². The number of anilines is 1. The maximum atomic E-state index is 12.0. The van der Waals surface area contributed by atoms with E-state index in [9.17, 15) is 9.59 Å². The third kappa shape index (κ3) is 4.11. The van der Waals surface area contributed by atoms with Gasteiger partial charge in [-0.1, -0.05) is 11.6 Å². The first kappa shape index (κ1) is 16.9. The number of Topliss-reactive ketones (excluding diaryl/α,β-unsaturated/α-hetero) is 1. The van der Waals surface area contributed by atoms with Crippen molar-refractivity contribution in [1.82, 2.24) is 4.98 Å². The van der Waals surface area contributed by atoms with Gasteiger partial charge in [-0.15, -0.1) is 11.3 Å². The highest BCUT2D eigenvalue weighted by Crippen LogP contribution is 2.22. The smallest absolute Gasteiger partial charge is 0.340 e. The molecule has 0 spiro atoms. The number of hydrogen-bond acceptors (Lipinski definition) is 7. The molecule has 1 aliphatic heterocycles. The second-order valence-electron chi connectivity index (χ2n) is 5.11. The number of rotatable bonds is 5. The number of esters is 1. The summed E-state index contributed by atoms with van der Waals surface area (Å²) in [7, 11) is 0. The van der Waals surface area contributed by atoms with E-state index in [4.69, 9.17) is 21.1 Å². The lowest BCUT2D eigenvalue weighted by atomic mass is 10.2. The van der Waals surface area contributed by atoms with Gasteiger partial charge in [0.1, 0.15) is 5.82 Å². The average Bonchev–Trinajstić information content (AvgIpc) is 3.07. The zero-order chi connectivity index (χ0) is 16.9. The Morgan fingerprint density at radius 1 is 1.25 bits per heavy atom. The molecule has 0 bridgehead atoms. The molecule has 2 aromatic rings. The van der Waals surface area contributed by atoms with E-state index < -0.39 is 5.97 Å². The molecule has 2 aromatic heterocycles. The van der Waals surface area contributed by atoms with E-state index in [0.717, 1.165) is 30.2 Å².